The topological polar surface area (TPSA) is 43.8 Å². The summed E-state index contributed by atoms with van der Waals surface area (Å²) in [4.78, 5) is 17.1. The van der Waals surface area contributed by atoms with Gasteiger partial charge in [0, 0.05) is 38.7 Å². The Morgan fingerprint density at radius 2 is 1.95 bits per heavy atom. The molecule has 0 spiro atoms. The minimum absolute atomic E-state index is 0.134. The van der Waals surface area contributed by atoms with Crippen LogP contribution in [0, 0.1) is 11.8 Å². The molecule has 2 saturated heterocycles. The highest BCUT2D eigenvalue weighted by molar-refractivity contribution is 5.79. The summed E-state index contributed by atoms with van der Waals surface area (Å²) < 4.78 is 0. The lowest BCUT2D eigenvalue weighted by molar-refractivity contribution is -0.136. The lowest BCUT2D eigenvalue weighted by Crippen LogP contribution is -2.44. The number of hydrogen-bond acceptors (Lipinski definition) is 3. The summed E-state index contributed by atoms with van der Waals surface area (Å²) in [5, 5.41) is 9.24. The number of piperidine rings is 1. The fourth-order valence-electron chi connectivity index (χ4n) is 3.68. The molecule has 2 unspecified atom stereocenters. The van der Waals surface area contributed by atoms with Gasteiger partial charge in [0.1, 0.15) is 0 Å². The van der Waals surface area contributed by atoms with E-state index in [9.17, 15) is 9.90 Å². The van der Waals surface area contributed by atoms with Crippen LogP contribution in [-0.2, 0) is 11.3 Å². The second-order valence-electron chi connectivity index (χ2n) is 6.68. The monoisotopic (exact) mass is 302 g/mol. The summed E-state index contributed by atoms with van der Waals surface area (Å²) in [6.45, 7) is 4.65. The normalized spacial score (nSPS) is 26.3. The van der Waals surface area contributed by atoms with E-state index in [1.54, 1.807) is 0 Å². The molecule has 22 heavy (non-hydrogen) atoms. The molecule has 0 aliphatic carbocycles. The number of carbonyl (C=O) groups excluding carboxylic acids is 1. The fraction of sp³-hybridized carbons (Fsp3) is 0.611. The first-order valence-electron chi connectivity index (χ1n) is 8.42. The molecule has 1 amide bonds. The summed E-state index contributed by atoms with van der Waals surface area (Å²) in [5.41, 5.74) is 1.32. The molecular weight excluding hydrogens is 276 g/mol. The second kappa shape index (κ2) is 7.25. The van der Waals surface area contributed by atoms with Crippen LogP contribution < -0.4 is 0 Å². The van der Waals surface area contributed by atoms with Crippen molar-refractivity contribution in [2.45, 2.75) is 25.8 Å². The van der Waals surface area contributed by atoms with Gasteiger partial charge in [-0.3, -0.25) is 9.69 Å². The van der Waals surface area contributed by atoms with E-state index in [1.165, 1.54) is 5.56 Å². The minimum Gasteiger partial charge on any atom is -0.396 e. The predicted octanol–water partition coefficient (Wildman–Crippen LogP) is 1.74. The van der Waals surface area contributed by atoms with Gasteiger partial charge < -0.3 is 10.0 Å². The lowest BCUT2D eigenvalue weighted by atomic mass is 9.96. The van der Waals surface area contributed by atoms with Crippen LogP contribution in [0.15, 0.2) is 30.3 Å². The average molecular weight is 302 g/mol. The summed E-state index contributed by atoms with van der Waals surface area (Å²) in [6, 6.07) is 10.5. The number of benzene rings is 1. The molecule has 2 aliphatic rings. The van der Waals surface area contributed by atoms with Crippen molar-refractivity contribution in [3.8, 4) is 0 Å². The van der Waals surface area contributed by atoms with E-state index in [-0.39, 0.29) is 18.4 Å². The SMILES string of the molecule is O=C(C1CCCN(Cc2ccccc2)C1)N1CCC(CO)C1. The third-order valence-corrected chi connectivity index (χ3v) is 4.96. The van der Waals surface area contributed by atoms with Crippen LogP contribution in [0.3, 0.4) is 0 Å². The highest BCUT2D eigenvalue weighted by atomic mass is 16.3. The van der Waals surface area contributed by atoms with Crippen molar-refractivity contribution in [2.75, 3.05) is 32.8 Å². The Morgan fingerprint density at radius 1 is 1.14 bits per heavy atom. The molecule has 0 aromatic heterocycles. The Labute approximate surface area is 132 Å². The third kappa shape index (κ3) is 3.68. The molecule has 2 atom stereocenters. The first-order chi connectivity index (χ1) is 10.8. The number of nitrogens with zero attached hydrogens (tertiary/aromatic N) is 2. The van der Waals surface area contributed by atoms with Crippen molar-refractivity contribution in [1.82, 2.24) is 9.80 Å². The van der Waals surface area contributed by atoms with Crippen molar-refractivity contribution in [3.05, 3.63) is 35.9 Å². The Bertz CT molecular complexity index is 491. The summed E-state index contributed by atoms with van der Waals surface area (Å²) in [6.07, 6.45) is 3.05. The molecule has 3 rings (SSSR count). The first kappa shape index (κ1) is 15.5. The summed E-state index contributed by atoms with van der Waals surface area (Å²) in [5.74, 6) is 0.719. The molecular formula is C18H26N2O2. The van der Waals surface area contributed by atoms with Crippen molar-refractivity contribution >= 4 is 5.91 Å². The first-order valence-corrected chi connectivity index (χ1v) is 8.42. The van der Waals surface area contributed by atoms with Gasteiger partial charge in [-0.2, -0.15) is 0 Å². The van der Waals surface area contributed by atoms with Gasteiger partial charge >= 0.3 is 0 Å². The van der Waals surface area contributed by atoms with Crippen LogP contribution in [-0.4, -0.2) is 53.6 Å². The fourth-order valence-corrected chi connectivity index (χ4v) is 3.68. The summed E-state index contributed by atoms with van der Waals surface area (Å²) in [7, 11) is 0. The molecule has 4 nitrogen and oxygen atoms in total. The van der Waals surface area contributed by atoms with E-state index in [2.05, 4.69) is 29.2 Å². The molecule has 2 heterocycles. The van der Waals surface area contributed by atoms with Crippen LogP contribution in [0.2, 0.25) is 0 Å². The van der Waals surface area contributed by atoms with Crippen molar-refractivity contribution in [3.63, 3.8) is 0 Å². The number of amides is 1. The Balaban J connectivity index is 1.55. The zero-order chi connectivity index (χ0) is 15.4. The van der Waals surface area contributed by atoms with E-state index in [1.807, 2.05) is 11.0 Å². The standard InChI is InChI=1S/C18H26N2O2/c21-14-16-8-10-20(12-16)18(22)17-7-4-9-19(13-17)11-15-5-2-1-3-6-15/h1-3,5-6,16-17,21H,4,7-14H2. The largest absolute Gasteiger partial charge is 0.396 e. The van der Waals surface area contributed by atoms with E-state index >= 15 is 0 Å². The highest BCUT2D eigenvalue weighted by Crippen LogP contribution is 2.24. The Hall–Kier alpha value is -1.39. The van der Waals surface area contributed by atoms with Gasteiger partial charge in [-0.05, 0) is 31.4 Å². The van der Waals surface area contributed by atoms with Gasteiger partial charge in [0.05, 0.1) is 5.92 Å². The molecule has 120 valence electrons. The third-order valence-electron chi connectivity index (χ3n) is 4.96. The van der Waals surface area contributed by atoms with Gasteiger partial charge in [0.25, 0.3) is 0 Å². The molecule has 0 radical (unpaired) electrons. The van der Waals surface area contributed by atoms with E-state index in [0.29, 0.717) is 5.91 Å². The van der Waals surface area contributed by atoms with Gasteiger partial charge in [-0.15, -0.1) is 0 Å². The van der Waals surface area contributed by atoms with Gasteiger partial charge in [-0.25, -0.2) is 0 Å². The van der Waals surface area contributed by atoms with Crippen molar-refractivity contribution < 1.29 is 9.90 Å². The van der Waals surface area contributed by atoms with E-state index in [4.69, 9.17) is 0 Å². The number of likely N-dealkylation sites (tertiary alicyclic amines) is 2. The van der Waals surface area contributed by atoms with Gasteiger partial charge in [-0.1, -0.05) is 30.3 Å². The van der Waals surface area contributed by atoms with Crippen molar-refractivity contribution in [1.29, 1.82) is 0 Å². The van der Waals surface area contributed by atoms with Gasteiger partial charge in [0.15, 0.2) is 0 Å². The Kier molecular flexibility index (Phi) is 5.11. The molecule has 2 aliphatic heterocycles. The van der Waals surface area contributed by atoms with Gasteiger partial charge in [0.2, 0.25) is 5.91 Å². The van der Waals surface area contributed by atoms with Crippen LogP contribution in [0.4, 0.5) is 0 Å². The lowest BCUT2D eigenvalue weighted by Gasteiger charge is -2.34. The van der Waals surface area contributed by atoms with Crippen LogP contribution in [0.5, 0.6) is 0 Å². The van der Waals surface area contributed by atoms with Crippen LogP contribution >= 0.6 is 0 Å². The molecule has 1 aromatic rings. The quantitative estimate of drug-likeness (QED) is 0.921. The van der Waals surface area contributed by atoms with Crippen LogP contribution in [0.1, 0.15) is 24.8 Å². The van der Waals surface area contributed by atoms with E-state index in [0.717, 1.165) is 52.0 Å². The average Bonchev–Trinajstić information content (AvgIpc) is 3.04. The zero-order valence-corrected chi connectivity index (χ0v) is 13.2. The molecule has 2 fully saturated rings. The number of aliphatic hydroxyl groups excluding tert-OH is 1. The predicted molar refractivity (Wildman–Crippen MR) is 86.2 cm³/mol. The minimum atomic E-state index is 0.134. The number of hydrogen-bond donors (Lipinski definition) is 1. The maximum absolute atomic E-state index is 12.7. The molecule has 0 saturated carbocycles. The second-order valence-corrected chi connectivity index (χ2v) is 6.68. The zero-order valence-electron chi connectivity index (χ0n) is 13.2. The van der Waals surface area contributed by atoms with Crippen molar-refractivity contribution in [2.24, 2.45) is 11.8 Å². The summed E-state index contributed by atoms with van der Waals surface area (Å²) >= 11 is 0. The number of aliphatic hydroxyl groups is 1. The molecule has 1 aromatic carbocycles. The smallest absolute Gasteiger partial charge is 0.226 e. The molecule has 4 heteroatoms. The molecule has 1 N–H and O–H groups in total. The highest BCUT2D eigenvalue weighted by Gasteiger charge is 2.32. The maximum Gasteiger partial charge on any atom is 0.226 e. The maximum atomic E-state index is 12.7. The molecule has 0 bridgehead atoms. The number of rotatable bonds is 4. The van der Waals surface area contributed by atoms with E-state index < -0.39 is 0 Å². The Morgan fingerprint density at radius 3 is 2.68 bits per heavy atom. The van der Waals surface area contributed by atoms with Crippen LogP contribution in [0.25, 0.3) is 0 Å². The number of carbonyl (C=O) groups is 1.